The molecule has 2 aliphatic heterocycles. The fourth-order valence-electron chi connectivity index (χ4n) is 3.25. The second-order valence-corrected chi connectivity index (χ2v) is 7.09. The first-order valence-corrected chi connectivity index (χ1v) is 8.95. The summed E-state index contributed by atoms with van der Waals surface area (Å²) in [6.45, 7) is 4.75. The summed E-state index contributed by atoms with van der Waals surface area (Å²) in [6.07, 6.45) is 3.72. The van der Waals surface area contributed by atoms with E-state index < -0.39 is 0 Å². The Morgan fingerprint density at radius 3 is 2.96 bits per heavy atom. The summed E-state index contributed by atoms with van der Waals surface area (Å²) >= 11 is 0. The Morgan fingerprint density at radius 2 is 2.23 bits per heavy atom. The van der Waals surface area contributed by atoms with Crippen molar-refractivity contribution in [2.45, 2.75) is 32.7 Å². The van der Waals surface area contributed by atoms with Crippen molar-refractivity contribution in [1.82, 2.24) is 15.8 Å². The number of carbonyl (C=O) groups excluding carboxylic acids is 1. The van der Waals surface area contributed by atoms with Crippen molar-refractivity contribution >= 4 is 23.8 Å². The van der Waals surface area contributed by atoms with Crippen LogP contribution in [0.4, 0.5) is 5.69 Å². The number of nitrogens with zero attached hydrogens (tertiary/aromatic N) is 3. The van der Waals surface area contributed by atoms with Crippen molar-refractivity contribution in [2.75, 3.05) is 13.2 Å². The number of nitrogens with one attached hydrogen (secondary N) is 2. The first kappa shape index (κ1) is 16.8. The van der Waals surface area contributed by atoms with E-state index in [-0.39, 0.29) is 18.4 Å². The zero-order chi connectivity index (χ0) is 18.3. The standard InChI is InChI=1S/C19H23N5O2/c1-11-3-4-13(19(26)22-15-5-6-15)7-16(11)23-18-17-12(2)14(9-25)8-24(17)21-10-20-18/h3-4,7,10,14-15,25H,5-6,8-9H2,1-2H3,(H,22,26)(H,20,21,23). The van der Waals surface area contributed by atoms with E-state index in [2.05, 4.69) is 15.7 Å². The van der Waals surface area contributed by atoms with E-state index in [0.29, 0.717) is 24.0 Å². The molecule has 0 radical (unpaired) electrons. The van der Waals surface area contributed by atoms with Crippen LogP contribution in [-0.4, -0.2) is 47.4 Å². The SMILES string of the molecule is CC1=C2C(=Nc3cc(C(=O)NC4CC4)ccc3C)N=CNN2CC1CO. The number of fused-ring (bicyclic) bond motifs is 1. The third-order valence-corrected chi connectivity index (χ3v) is 5.10. The van der Waals surface area contributed by atoms with Crippen molar-refractivity contribution in [3.8, 4) is 0 Å². The van der Waals surface area contributed by atoms with E-state index in [9.17, 15) is 9.90 Å². The van der Waals surface area contributed by atoms with Crippen LogP contribution >= 0.6 is 0 Å². The lowest BCUT2D eigenvalue weighted by atomic mass is 10.0. The van der Waals surface area contributed by atoms with Gasteiger partial charge in [0.05, 0.1) is 12.3 Å². The van der Waals surface area contributed by atoms with E-state index in [4.69, 9.17) is 4.99 Å². The van der Waals surface area contributed by atoms with E-state index in [1.54, 1.807) is 6.34 Å². The van der Waals surface area contributed by atoms with Gasteiger partial charge in [-0.25, -0.2) is 9.98 Å². The Kier molecular flexibility index (Phi) is 4.24. The molecule has 1 atom stereocenters. The second kappa shape index (κ2) is 6.57. The molecule has 0 spiro atoms. The topological polar surface area (TPSA) is 89.3 Å². The number of benzene rings is 1. The summed E-state index contributed by atoms with van der Waals surface area (Å²) in [4.78, 5) is 21.5. The molecular formula is C19H23N5O2. The van der Waals surface area contributed by atoms with Crippen LogP contribution in [0.5, 0.6) is 0 Å². The van der Waals surface area contributed by atoms with Gasteiger partial charge in [0.2, 0.25) is 0 Å². The predicted molar refractivity (Wildman–Crippen MR) is 100 cm³/mol. The van der Waals surface area contributed by atoms with Crippen LogP contribution in [0, 0.1) is 12.8 Å². The largest absolute Gasteiger partial charge is 0.396 e. The third-order valence-electron chi connectivity index (χ3n) is 5.10. The minimum absolute atomic E-state index is 0.0546. The summed E-state index contributed by atoms with van der Waals surface area (Å²) in [5.41, 5.74) is 7.39. The number of aliphatic imine (C=N–C) groups is 2. The Labute approximate surface area is 152 Å². The molecule has 1 aromatic rings. The third kappa shape index (κ3) is 3.10. The summed E-state index contributed by atoms with van der Waals surface area (Å²) in [5, 5.41) is 14.5. The summed E-state index contributed by atoms with van der Waals surface area (Å²) in [7, 11) is 0. The highest BCUT2D eigenvalue weighted by atomic mass is 16.3. The minimum Gasteiger partial charge on any atom is -0.396 e. The molecule has 7 nitrogen and oxygen atoms in total. The minimum atomic E-state index is -0.0546. The fraction of sp³-hybridized carbons (Fsp3) is 0.421. The molecule has 0 saturated heterocycles. The number of rotatable bonds is 4. The van der Waals surface area contributed by atoms with Gasteiger partial charge in [0.1, 0.15) is 12.0 Å². The van der Waals surface area contributed by atoms with Gasteiger partial charge >= 0.3 is 0 Å². The van der Waals surface area contributed by atoms with Crippen LogP contribution in [0.3, 0.4) is 0 Å². The van der Waals surface area contributed by atoms with Crippen LogP contribution in [-0.2, 0) is 0 Å². The maximum absolute atomic E-state index is 12.3. The molecule has 1 unspecified atom stereocenters. The molecule has 1 aromatic carbocycles. The lowest BCUT2D eigenvalue weighted by Gasteiger charge is -2.25. The van der Waals surface area contributed by atoms with Crippen molar-refractivity contribution in [3.63, 3.8) is 0 Å². The van der Waals surface area contributed by atoms with E-state index in [1.165, 1.54) is 0 Å². The number of carbonyl (C=O) groups is 1. The molecule has 4 rings (SSSR count). The zero-order valence-corrected chi connectivity index (χ0v) is 15.0. The normalized spacial score (nSPS) is 23.3. The fourth-order valence-corrected chi connectivity index (χ4v) is 3.25. The lowest BCUT2D eigenvalue weighted by Crippen LogP contribution is -2.41. The van der Waals surface area contributed by atoms with Gasteiger partial charge in [-0.3, -0.25) is 15.2 Å². The number of hydrogen-bond acceptors (Lipinski definition) is 5. The highest BCUT2D eigenvalue weighted by molar-refractivity contribution is 6.06. The molecule has 3 N–H and O–H groups in total. The van der Waals surface area contributed by atoms with Crippen LogP contribution in [0.2, 0.25) is 0 Å². The smallest absolute Gasteiger partial charge is 0.251 e. The zero-order valence-electron chi connectivity index (χ0n) is 15.0. The molecule has 3 aliphatic rings. The van der Waals surface area contributed by atoms with E-state index in [1.807, 2.05) is 37.1 Å². The van der Waals surface area contributed by atoms with Gasteiger partial charge in [-0.2, -0.15) is 0 Å². The van der Waals surface area contributed by atoms with Crippen molar-refractivity contribution in [1.29, 1.82) is 0 Å². The van der Waals surface area contributed by atoms with Crippen LogP contribution in [0.25, 0.3) is 0 Å². The van der Waals surface area contributed by atoms with Crippen LogP contribution < -0.4 is 10.7 Å². The monoisotopic (exact) mass is 353 g/mol. The number of amides is 1. The van der Waals surface area contributed by atoms with E-state index >= 15 is 0 Å². The Hall–Kier alpha value is -2.67. The molecule has 1 amide bonds. The molecule has 0 aromatic heterocycles. The number of aliphatic hydroxyl groups excluding tert-OH is 1. The van der Waals surface area contributed by atoms with E-state index in [0.717, 1.165) is 35.4 Å². The first-order chi connectivity index (χ1) is 12.6. The number of amidine groups is 1. The van der Waals surface area contributed by atoms with Gasteiger partial charge in [-0.1, -0.05) is 6.07 Å². The molecular weight excluding hydrogens is 330 g/mol. The van der Waals surface area contributed by atoms with Gasteiger partial charge in [0.15, 0.2) is 5.84 Å². The molecule has 0 bridgehead atoms. The molecule has 1 aliphatic carbocycles. The van der Waals surface area contributed by atoms with Gasteiger partial charge < -0.3 is 10.4 Å². The summed E-state index contributed by atoms with van der Waals surface area (Å²) in [5.74, 6) is 0.613. The van der Waals surface area contributed by atoms with Crippen LogP contribution in [0.1, 0.15) is 35.7 Å². The van der Waals surface area contributed by atoms with Crippen molar-refractivity contribution < 1.29 is 9.90 Å². The average Bonchev–Trinajstić information content (AvgIpc) is 3.38. The molecule has 1 fully saturated rings. The van der Waals surface area contributed by atoms with Crippen molar-refractivity contribution in [3.05, 3.63) is 40.6 Å². The summed E-state index contributed by atoms with van der Waals surface area (Å²) in [6, 6.07) is 5.88. The first-order valence-electron chi connectivity index (χ1n) is 8.95. The number of hydrazine groups is 1. The quantitative estimate of drug-likeness (QED) is 0.768. The van der Waals surface area contributed by atoms with Gasteiger partial charge in [-0.05, 0) is 50.0 Å². The second-order valence-electron chi connectivity index (χ2n) is 7.09. The lowest BCUT2D eigenvalue weighted by molar-refractivity contribution is 0.0951. The number of hydrogen-bond donors (Lipinski definition) is 3. The highest BCUT2D eigenvalue weighted by Gasteiger charge is 2.33. The molecule has 1 saturated carbocycles. The predicted octanol–water partition coefficient (Wildman–Crippen LogP) is 1.66. The van der Waals surface area contributed by atoms with Gasteiger partial charge in [0.25, 0.3) is 5.91 Å². The average molecular weight is 353 g/mol. The van der Waals surface area contributed by atoms with Gasteiger partial charge in [-0.15, -0.1) is 0 Å². The summed E-state index contributed by atoms with van der Waals surface area (Å²) < 4.78 is 0. The molecule has 136 valence electrons. The molecule has 2 heterocycles. The van der Waals surface area contributed by atoms with Gasteiger partial charge in [0, 0.05) is 24.1 Å². The Morgan fingerprint density at radius 1 is 1.42 bits per heavy atom. The van der Waals surface area contributed by atoms with Crippen LogP contribution in [0.15, 0.2) is 39.5 Å². The number of aliphatic hydroxyl groups is 1. The molecule has 26 heavy (non-hydrogen) atoms. The maximum atomic E-state index is 12.3. The Balaban J connectivity index is 1.68. The van der Waals surface area contributed by atoms with Crippen molar-refractivity contribution in [2.24, 2.45) is 15.9 Å². The maximum Gasteiger partial charge on any atom is 0.251 e. The number of aryl methyl sites for hydroxylation is 1. The Bertz CT molecular complexity index is 838. The molecule has 7 heteroatoms. The highest BCUT2D eigenvalue weighted by Crippen LogP contribution is 2.31.